The first kappa shape index (κ1) is 16.1. The van der Waals surface area contributed by atoms with Crippen LogP contribution >= 0.6 is 0 Å². The first-order valence-electron chi connectivity index (χ1n) is 6.54. The maximum atomic E-state index is 11.1. The number of rotatable bonds is 7. The summed E-state index contributed by atoms with van der Waals surface area (Å²) in [5.74, 6) is 0. The van der Waals surface area contributed by atoms with Crippen LogP contribution in [0.2, 0.25) is 0 Å². The van der Waals surface area contributed by atoms with Crippen molar-refractivity contribution in [3.8, 4) is 0 Å². The van der Waals surface area contributed by atoms with Gasteiger partial charge in [-0.25, -0.2) is 13.1 Å². The lowest BCUT2D eigenvalue weighted by Crippen LogP contribution is -2.37. The van der Waals surface area contributed by atoms with Crippen molar-refractivity contribution in [1.29, 1.82) is 0 Å². The lowest BCUT2D eigenvalue weighted by atomic mass is 10.0. The van der Waals surface area contributed by atoms with Crippen molar-refractivity contribution in [1.82, 2.24) is 4.72 Å². The predicted molar refractivity (Wildman–Crippen MR) is 79.5 cm³/mol. The number of aryl methyl sites for hydroxylation is 2. The summed E-state index contributed by atoms with van der Waals surface area (Å²) in [7, 11) is -3.15. The molecule has 0 fully saturated rings. The van der Waals surface area contributed by atoms with Crippen LogP contribution in [0.25, 0.3) is 0 Å². The molecule has 0 heterocycles. The van der Waals surface area contributed by atoms with Crippen LogP contribution in [0.3, 0.4) is 0 Å². The highest BCUT2D eigenvalue weighted by Crippen LogP contribution is 2.09. The fourth-order valence-electron chi connectivity index (χ4n) is 2.21. The Bertz CT molecular complexity index is 500. The fourth-order valence-corrected chi connectivity index (χ4v) is 3.03. The summed E-state index contributed by atoms with van der Waals surface area (Å²) in [6.07, 6.45) is 3.61. The summed E-state index contributed by atoms with van der Waals surface area (Å²) in [5.41, 5.74) is 8.57. The molecule has 0 aliphatic heterocycles. The molecule has 4 nitrogen and oxygen atoms in total. The van der Waals surface area contributed by atoms with Gasteiger partial charge in [-0.05, 0) is 38.7 Å². The molecule has 0 radical (unpaired) electrons. The van der Waals surface area contributed by atoms with Gasteiger partial charge in [0.2, 0.25) is 10.0 Å². The maximum absolute atomic E-state index is 11.1. The van der Waals surface area contributed by atoms with E-state index >= 15 is 0 Å². The molecule has 0 aliphatic carbocycles. The van der Waals surface area contributed by atoms with Gasteiger partial charge in [-0.2, -0.15) is 0 Å². The van der Waals surface area contributed by atoms with E-state index < -0.39 is 10.0 Å². The maximum Gasteiger partial charge on any atom is 0.208 e. The van der Waals surface area contributed by atoms with Crippen LogP contribution in [0.5, 0.6) is 0 Å². The second kappa shape index (κ2) is 7.03. The highest BCUT2D eigenvalue weighted by Gasteiger charge is 2.12. The lowest BCUT2D eigenvalue weighted by molar-refractivity contribution is 0.486. The summed E-state index contributed by atoms with van der Waals surface area (Å²) in [5, 5.41) is 0. The molecule has 1 aromatic rings. The molecule has 1 unspecified atom stereocenters. The fraction of sp³-hybridized carbons (Fsp3) is 0.571. The van der Waals surface area contributed by atoms with Crippen LogP contribution < -0.4 is 10.5 Å². The molecule has 1 rings (SSSR count). The number of nitrogens with one attached hydrogen (secondary N) is 1. The summed E-state index contributed by atoms with van der Waals surface area (Å²) >= 11 is 0. The van der Waals surface area contributed by atoms with Crippen molar-refractivity contribution < 1.29 is 8.42 Å². The van der Waals surface area contributed by atoms with E-state index in [4.69, 9.17) is 5.73 Å². The molecule has 0 amide bonds. The molecular weight excluding hydrogens is 260 g/mol. The van der Waals surface area contributed by atoms with Gasteiger partial charge >= 0.3 is 0 Å². The molecule has 0 aliphatic rings. The Morgan fingerprint density at radius 1 is 1.37 bits per heavy atom. The van der Waals surface area contributed by atoms with Crippen LogP contribution in [-0.4, -0.2) is 26.8 Å². The van der Waals surface area contributed by atoms with Crippen LogP contribution in [0.15, 0.2) is 24.3 Å². The van der Waals surface area contributed by atoms with Gasteiger partial charge in [0.15, 0.2) is 0 Å². The second-order valence-electron chi connectivity index (χ2n) is 5.31. The van der Waals surface area contributed by atoms with E-state index in [1.54, 1.807) is 0 Å². The summed E-state index contributed by atoms with van der Waals surface area (Å²) in [6, 6.07) is 8.25. The minimum atomic E-state index is -3.15. The Morgan fingerprint density at radius 2 is 2.05 bits per heavy atom. The van der Waals surface area contributed by atoms with Crippen LogP contribution in [0.4, 0.5) is 0 Å². The average Bonchev–Trinajstić information content (AvgIpc) is 2.23. The third-order valence-electron chi connectivity index (χ3n) is 2.96. The summed E-state index contributed by atoms with van der Waals surface area (Å²) < 4.78 is 24.7. The van der Waals surface area contributed by atoms with Gasteiger partial charge in [0.1, 0.15) is 0 Å². The van der Waals surface area contributed by atoms with E-state index in [1.165, 1.54) is 17.4 Å². The van der Waals surface area contributed by atoms with Crippen molar-refractivity contribution in [3.63, 3.8) is 0 Å². The average molecular weight is 284 g/mol. The second-order valence-corrected chi connectivity index (χ2v) is 7.09. The van der Waals surface area contributed by atoms with Crippen molar-refractivity contribution in [2.75, 3.05) is 6.26 Å². The third-order valence-corrected chi connectivity index (χ3v) is 3.79. The molecule has 0 saturated heterocycles. The van der Waals surface area contributed by atoms with Gasteiger partial charge in [-0.15, -0.1) is 0 Å². The van der Waals surface area contributed by atoms with Gasteiger partial charge in [0.05, 0.1) is 6.26 Å². The minimum absolute atomic E-state index is 0.00441. The van der Waals surface area contributed by atoms with Crippen LogP contribution in [0, 0.1) is 6.92 Å². The highest BCUT2D eigenvalue weighted by atomic mass is 32.2. The van der Waals surface area contributed by atoms with E-state index in [9.17, 15) is 8.42 Å². The first-order valence-corrected chi connectivity index (χ1v) is 8.44. The standard InChI is InChI=1S/C14H24N2O2S/c1-11-5-4-6-13(9-11)7-8-14(15)10-12(2)16-19(3,17)18/h4-6,9,12,14,16H,7-8,10,15H2,1-3H3/t12-,14?/m1/s1. The zero-order valence-electron chi connectivity index (χ0n) is 11.9. The molecule has 0 spiro atoms. The van der Waals surface area contributed by atoms with E-state index in [1.807, 2.05) is 13.0 Å². The molecule has 19 heavy (non-hydrogen) atoms. The van der Waals surface area contributed by atoms with Crippen molar-refractivity contribution >= 4 is 10.0 Å². The smallest absolute Gasteiger partial charge is 0.208 e. The molecule has 1 aromatic carbocycles. The molecule has 0 saturated carbocycles. The zero-order valence-corrected chi connectivity index (χ0v) is 12.7. The number of hydrogen-bond acceptors (Lipinski definition) is 3. The van der Waals surface area contributed by atoms with Crippen LogP contribution in [0.1, 0.15) is 30.9 Å². The van der Waals surface area contributed by atoms with Crippen molar-refractivity contribution in [2.24, 2.45) is 5.73 Å². The molecular formula is C14H24N2O2S. The Balaban J connectivity index is 2.37. The van der Waals surface area contributed by atoms with E-state index in [-0.39, 0.29) is 12.1 Å². The highest BCUT2D eigenvalue weighted by molar-refractivity contribution is 7.88. The van der Waals surface area contributed by atoms with Gasteiger partial charge in [0, 0.05) is 12.1 Å². The van der Waals surface area contributed by atoms with Gasteiger partial charge in [-0.3, -0.25) is 0 Å². The summed E-state index contributed by atoms with van der Waals surface area (Å²) in [4.78, 5) is 0. The van der Waals surface area contributed by atoms with Crippen LogP contribution in [-0.2, 0) is 16.4 Å². The topological polar surface area (TPSA) is 72.2 Å². The number of benzene rings is 1. The van der Waals surface area contributed by atoms with E-state index in [0.29, 0.717) is 6.42 Å². The largest absolute Gasteiger partial charge is 0.328 e. The van der Waals surface area contributed by atoms with E-state index in [2.05, 4.69) is 29.8 Å². The number of sulfonamides is 1. The number of nitrogens with two attached hydrogens (primary N) is 1. The Morgan fingerprint density at radius 3 is 2.63 bits per heavy atom. The van der Waals surface area contributed by atoms with Gasteiger partial charge in [0.25, 0.3) is 0 Å². The van der Waals surface area contributed by atoms with Crippen molar-refractivity contribution in [3.05, 3.63) is 35.4 Å². The first-order chi connectivity index (χ1) is 8.76. The van der Waals surface area contributed by atoms with Crippen molar-refractivity contribution in [2.45, 2.75) is 45.2 Å². The molecule has 0 aromatic heterocycles. The normalized spacial score (nSPS) is 15.2. The quantitative estimate of drug-likeness (QED) is 0.798. The SMILES string of the molecule is Cc1cccc(CCC(N)C[C@@H](C)NS(C)(=O)=O)c1. The molecule has 2 atom stereocenters. The Kier molecular flexibility index (Phi) is 5.97. The Hall–Kier alpha value is -0.910. The lowest BCUT2D eigenvalue weighted by Gasteiger charge is -2.17. The molecule has 5 heteroatoms. The van der Waals surface area contributed by atoms with Gasteiger partial charge in [-0.1, -0.05) is 29.8 Å². The monoisotopic (exact) mass is 284 g/mol. The van der Waals surface area contributed by atoms with Gasteiger partial charge < -0.3 is 5.73 Å². The number of hydrogen-bond donors (Lipinski definition) is 2. The van der Waals surface area contributed by atoms with E-state index in [0.717, 1.165) is 12.8 Å². The Labute approximate surface area is 116 Å². The zero-order chi connectivity index (χ0) is 14.5. The minimum Gasteiger partial charge on any atom is -0.328 e. The molecule has 108 valence electrons. The molecule has 3 N–H and O–H groups in total. The third kappa shape index (κ3) is 7.30. The predicted octanol–water partition coefficient (Wildman–Crippen LogP) is 1.58. The summed E-state index contributed by atoms with van der Waals surface area (Å²) in [6.45, 7) is 3.91. The molecule has 0 bridgehead atoms.